The SMILES string of the molecule is CCC(CC)C(N)CNS(=O)(=O)NC(=O)OC(C)C. The Kier molecular flexibility index (Phi) is 7.96. The first-order valence-electron chi connectivity index (χ1n) is 6.45. The van der Waals surface area contributed by atoms with E-state index < -0.39 is 16.3 Å². The van der Waals surface area contributed by atoms with Gasteiger partial charge < -0.3 is 10.5 Å². The number of rotatable bonds is 8. The highest BCUT2D eigenvalue weighted by Crippen LogP contribution is 2.10. The fraction of sp³-hybridized carbons (Fsp3) is 0.909. The molecule has 0 aromatic heterocycles. The Morgan fingerprint density at radius 1 is 1.26 bits per heavy atom. The number of nitrogens with two attached hydrogens (primary N) is 1. The molecule has 7 nitrogen and oxygen atoms in total. The Balaban J connectivity index is 4.27. The number of nitrogens with one attached hydrogen (secondary N) is 2. The second kappa shape index (κ2) is 8.34. The Bertz CT molecular complexity index is 366. The minimum atomic E-state index is -3.93. The van der Waals surface area contributed by atoms with E-state index in [1.54, 1.807) is 18.6 Å². The number of hydrogen-bond donors (Lipinski definition) is 3. The van der Waals surface area contributed by atoms with Crippen LogP contribution in [-0.2, 0) is 14.9 Å². The standard InChI is InChI=1S/C11H25N3O4S/c1-5-9(6-2)10(12)7-13-19(16,17)14-11(15)18-8(3)4/h8-10,13H,5-7,12H2,1-4H3,(H,14,15). The lowest BCUT2D eigenvalue weighted by atomic mass is 9.95. The van der Waals surface area contributed by atoms with Crippen LogP contribution in [0.5, 0.6) is 0 Å². The van der Waals surface area contributed by atoms with E-state index in [2.05, 4.69) is 9.46 Å². The summed E-state index contributed by atoms with van der Waals surface area (Å²) in [5.74, 6) is 0.241. The van der Waals surface area contributed by atoms with Crippen LogP contribution in [0.2, 0.25) is 0 Å². The lowest BCUT2D eigenvalue weighted by Gasteiger charge is -2.21. The number of carbonyl (C=O) groups excluding carboxylic acids is 1. The maximum atomic E-state index is 11.5. The minimum absolute atomic E-state index is 0.0800. The van der Waals surface area contributed by atoms with Crippen molar-refractivity contribution in [2.75, 3.05) is 6.54 Å². The van der Waals surface area contributed by atoms with Crippen LogP contribution in [0.1, 0.15) is 40.5 Å². The van der Waals surface area contributed by atoms with Gasteiger partial charge in [0.25, 0.3) is 0 Å². The van der Waals surface area contributed by atoms with Crippen molar-refractivity contribution in [2.45, 2.75) is 52.7 Å². The van der Waals surface area contributed by atoms with Crippen molar-refractivity contribution in [3.8, 4) is 0 Å². The lowest BCUT2D eigenvalue weighted by Crippen LogP contribution is -2.47. The van der Waals surface area contributed by atoms with E-state index >= 15 is 0 Å². The summed E-state index contributed by atoms with van der Waals surface area (Å²) in [6, 6.07) is -0.285. The van der Waals surface area contributed by atoms with Crippen molar-refractivity contribution in [2.24, 2.45) is 11.7 Å². The summed E-state index contributed by atoms with van der Waals surface area (Å²) < 4.78 is 31.8. The fourth-order valence-corrected chi connectivity index (χ4v) is 2.40. The molecule has 0 radical (unpaired) electrons. The monoisotopic (exact) mass is 295 g/mol. The van der Waals surface area contributed by atoms with Crippen LogP contribution in [0.4, 0.5) is 4.79 Å². The van der Waals surface area contributed by atoms with Crippen LogP contribution < -0.4 is 15.2 Å². The van der Waals surface area contributed by atoms with Crippen LogP contribution >= 0.6 is 0 Å². The zero-order chi connectivity index (χ0) is 15.1. The average Bonchev–Trinajstić information content (AvgIpc) is 2.26. The number of amides is 1. The normalized spacial score (nSPS) is 13.6. The molecule has 0 saturated carbocycles. The van der Waals surface area contributed by atoms with Gasteiger partial charge in [-0.15, -0.1) is 0 Å². The van der Waals surface area contributed by atoms with Gasteiger partial charge in [0.15, 0.2) is 0 Å². The molecule has 114 valence electrons. The Labute approximate surface area is 115 Å². The molecule has 0 aromatic rings. The van der Waals surface area contributed by atoms with Crippen molar-refractivity contribution < 1.29 is 17.9 Å². The van der Waals surface area contributed by atoms with Crippen LogP contribution in [-0.4, -0.2) is 33.2 Å². The van der Waals surface area contributed by atoms with E-state index in [0.717, 1.165) is 12.8 Å². The molecule has 0 aliphatic rings. The highest BCUT2D eigenvalue weighted by atomic mass is 32.2. The average molecular weight is 295 g/mol. The highest BCUT2D eigenvalue weighted by molar-refractivity contribution is 7.88. The zero-order valence-electron chi connectivity index (χ0n) is 12.0. The van der Waals surface area contributed by atoms with Crippen LogP contribution in [0.15, 0.2) is 0 Å². The first-order valence-corrected chi connectivity index (χ1v) is 7.93. The van der Waals surface area contributed by atoms with E-state index in [-0.39, 0.29) is 24.6 Å². The van der Waals surface area contributed by atoms with E-state index in [1.807, 2.05) is 13.8 Å². The molecule has 0 aliphatic heterocycles. The van der Waals surface area contributed by atoms with E-state index in [0.29, 0.717) is 0 Å². The van der Waals surface area contributed by atoms with E-state index in [1.165, 1.54) is 0 Å². The Morgan fingerprint density at radius 2 is 1.79 bits per heavy atom. The molecule has 4 N–H and O–H groups in total. The molecule has 0 spiro atoms. The van der Waals surface area contributed by atoms with Gasteiger partial charge in [0, 0.05) is 12.6 Å². The second-order valence-electron chi connectivity index (χ2n) is 4.65. The predicted molar refractivity (Wildman–Crippen MR) is 73.7 cm³/mol. The largest absolute Gasteiger partial charge is 0.446 e. The summed E-state index contributed by atoms with van der Waals surface area (Å²) in [5, 5.41) is 0. The van der Waals surface area contributed by atoms with E-state index in [9.17, 15) is 13.2 Å². The van der Waals surface area contributed by atoms with Gasteiger partial charge >= 0.3 is 16.3 Å². The molecule has 0 bridgehead atoms. The summed E-state index contributed by atoms with van der Waals surface area (Å²) in [4.78, 5) is 11.2. The first kappa shape index (κ1) is 18.1. The highest BCUT2D eigenvalue weighted by Gasteiger charge is 2.20. The molecule has 0 rings (SSSR count). The molecule has 0 heterocycles. The molecule has 0 aliphatic carbocycles. The van der Waals surface area contributed by atoms with Crippen LogP contribution in [0.25, 0.3) is 0 Å². The van der Waals surface area contributed by atoms with Crippen molar-refractivity contribution >= 4 is 16.3 Å². The first-order chi connectivity index (χ1) is 8.71. The molecule has 19 heavy (non-hydrogen) atoms. The molecule has 8 heteroatoms. The number of carbonyl (C=O) groups is 1. The van der Waals surface area contributed by atoms with Gasteiger partial charge in [0.1, 0.15) is 0 Å². The summed E-state index contributed by atoms with van der Waals surface area (Å²) in [6.45, 7) is 7.34. The van der Waals surface area contributed by atoms with Gasteiger partial charge in [-0.2, -0.15) is 13.1 Å². The lowest BCUT2D eigenvalue weighted by molar-refractivity contribution is 0.121. The van der Waals surface area contributed by atoms with E-state index in [4.69, 9.17) is 5.73 Å². The third-order valence-electron chi connectivity index (χ3n) is 2.72. The Hall–Kier alpha value is -0.860. The molecular formula is C11H25N3O4S. The Morgan fingerprint density at radius 3 is 2.21 bits per heavy atom. The maximum absolute atomic E-state index is 11.5. The van der Waals surface area contributed by atoms with Gasteiger partial charge in [-0.3, -0.25) is 0 Å². The number of ether oxygens (including phenoxy) is 1. The van der Waals surface area contributed by atoms with Crippen molar-refractivity contribution in [1.29, 1.82) is 0 Å². The van der Waals surface area contributed by atoms with Gasteiger partial charge in [-0.05, 0) is 19.8 Å². The molecule has 0 fully saturated rings. The molecule has 1 amide bonds. The summed E-state index contributed by atoms with van der Waals surface area (Å²) in [5.41, 5.74) is 5.89. The second-order valence-corrected chi connectivity index (χ2v) is 6.15. The van der Waals surface area contributed by atoms with Crippen molar-refractivity contribution in [3.63, 3.8) is 0 Å². The summed E-state index contributed by atoms with van der Waals surface area (Å²) in [6.07, 6.45) is 0.366. The van der Waals surface area contributed by atoms with Crippen molar-refractivity contribution in [3.05, 3.63) is 0 Å². The molecule has 1 unspecified atom stereocenters. The smallest absolute Gasteiger partial charge is 0.422 e. The summed E-state index contributed by atoms with van der Waals surface area (Å²) in [7, 11) is -3.93. The predicted octanol–water partition coefficient (Wildman–Crippen LogP) is 0.719. The zero-order valence-corrected chi connectivity index (χ0v) is 12.8. The molecule has 0 saturated heterocycles. The van der Waals surface area contributed by atoms with Crippen LogP contribution in [0.3, 0.4) is 0 Å². The molecule has 1 atom stereocenters. The van der Waals surface area contributed by atoms with Crippen molar-refractivity contribution in [1.82, 2.24) is 9.44 Å². The minimum Gasteiger partial charge on any atom is -0.446 e. The van der Waals surface area contributed by atoms with Gasteiger partial charge in [0.05, 0.1) is 6.10 Å². The van der Waals surface area contributed by atoms with Gasteiger partial charge in [0.2, 0.25) is 0 Å². The third-order valence-corrected chi connectivity index (χ3v) is 3.71. The topological polar surface area (TPSA) is 111 Å². The van der Waals surface area contributed by atoms with Gasteiger partial charge in [-0.25, -0.2) is 9.52 Å². The quantitative estimate of drug-likeness (QED) is 0.611. The van der Waals surface area contributed by atoms with Crippen LogP contribution in [0, 0.1) is 5.92 Å². The summed E-state index contributed by atoms with van der Waals surface area (Å²) >= 11 is 0. The maximum Gasteiger partial charge on any atom is 0.422 e. The third kappa shape index (κ3) is 8.02. The molecule has 0 aromatic carbocycles. The van der Waals surface area contributed by atoms with Gasteiger partial charge in [-0.1, -0.05) is 26.7 Å². The molecular weight excluding hydrogens is 270 g/mol. The number of hydrogen-bond acceptors (Lipinski definition) is 5. The fourth-order valence-electron chi connectivity index (χ4n) is 1.65.